The molecule has 2 rings (SSSR count). The van der Waals surface area contributed by atoms with Crippen LogP contribution in [0.1, 0.15) is 31.2 Å². The van der Waals surface area contributed by atoms with E-state index in [-0.39, 0.29) is 24.2 Å². The first-order chi connectivity index (χ1) is 11.2. The molecule has 2 N–H and O–H groups in total. The van der Waals surface area contributed by atoms with Crippen LogP contribution in [0.2, 0.25) is 0 Å². The van der Waals surface area contributed by atoms with E-state index in [1.807, 2.05) is 0 Å². The van der Waals surface area contributed by atoms with Crippen LogP contribution in [0.15, 0.2) is 24.3 Å². The lowest BCUT2D eigenvalue weighted by atomic mass is 10.1. The highest BCUT2D eigenvalue weighted by Gasteiger charge is 2.32. The fourth-order valence-electron chi connectivity index (χ4n) is 2.36. The van der Waals surface area contributed by atoms with Crippen LogP contribution in [0.25, 0.3) is 0 Å². The van der Waals surface area contributed by atoms with E-state index in [4.69, 9.17) is 5.11 Å². The zero-order valence-corrected chi connectivity index (χ0v) is 12.8. The van der Waals surface area contributed by atoms with Crippen LogP contribution in [0.4, 0.5) is 13.2 Å². The van der Waals surface area contributed by atoms with Crippen LogP contribution in [-0.4, -0.2) is 29.4 Å². The molecule has 1 aliphatic rings. The van der Waals surface area contributed by atoms with Crippen LogP contribution in [-0.2, 0) is 16.0 Å². The molecule has 1 fully saturated rings. The molecule has 132 valence electrons. The molecule has 24 heavy (non-hydrogen) atoms. The first-order valence-corrected chi connectivity index (χ1v) is 7.60. The molecule has 1 aromatic carbocycles. The van der Waals surface area contributed by atoms with Crippen molar-refractivity contribution in [3.05, 3.63) is 29.8 Å². The topological polar surface area (TPSA) is 75.6 Å². The molecule has 8 heteroatoms. The fraction of sp³-hybridized carbons (Fsp3) is 0.500. The van der Waals surface area contributed by atoms with E-state index in [0.717, 1.165) is 12.8 Å². The van der Waals surface area contributed by atoms with Crippen molar-refractivity contribution in [1.29, 1.82) is 0 Å². The lowest BCUT2D eigenvalue weighted by Crippen LogP contribution is -2.41. The number of nitrogens with one attached hydrogen (secondary N) is 1. The Balaban J connectivity index is 1.90. The molecule has 1 unspecified atom stereocenters. The third kappa shape index (κ3) is 6.10. The van der Waals surface area contributed by atoms with Gasteiger partial charge >= 0.3 is 12.3 Å². The molecular weight excluding hydrogens is 327 g/mol. The molecule has 0 spiro atoms. The number of amides is 1. The van der Waals surface area contributed by atoms with Crippen molar-refractivity contribution in [1.82, 2.24) is 5.32 Å². The molecule has 0 heterocycles. The van der Waals surface area contributed by atoms with Gasteiger partial charge < -0.3 is 15.2 Å². The van der Waals surface area contributed by atoms with Crippen LogP contribution >= 0.6 is 0 Å². The number of benzene rings is 1. The molecule has 1 aliphatic carbocycles. The molecule has 1 atom stereocenters. The average Bonchev–Trinajstić information content (AvgIpc) is 3.28. The number of carbonyl (C=O) groups excluding carboxylic acids is 1. The summed E-state index contributed by atoms with van der Waals surface area (Å²) in [5.74, 6) is -1.64. The summed E-state index contributed by atoms with van der Waals surface area (Å²) in [5.41, 5.74) is 0.235. The predicted molar refractivity (Wildman–Crippen MR) is 78.4 cm³/mol. The molecule has 0 aliphatic heterocycles. The number of halogens is 3. The van der Waals surface area contributed by atoms with Gasteiger partial charge in [0.1, 0.15) is 11.8 Å². The zero-order valence-electron chi connectivity index (χ0n) is 12.8. The molecule has 5 nitrogen and oxygen atoms in total. The van der Waals surface area contributed by atoms with Crippen LogP contribution in [0.5, 0.6) is 5.75 Å². The number of aliphatic carboxylic acids is 1. The minimum Gasteiger partial charge on any atom is -0.480 e. The normalized spacial score (nSPS) is 15.6. The summed E-state index contributed by atoms with van der Waals surface area (Å²) in [4.78, 5) is 23.0. The Kier molecular flexibility index (Phi) is 5.69. The molecule has 1 amide bonds. The quantitative estimate of drug-likeness (QED) is 0.760. The number of hydrogen-bond donors (Lipinski definition) is 2. The van der Waals surface area contributed by atoms with Crippen LogP contribution < -0.4 is 10.1 Å². The van der Waals surface area contributed by atoms with Crippen molar-refractivity contribution in [2.75, 3.05) is 0 Å². The second kappa shape index (κ2) is 7.55. The van der Waals surface area contributed by atoms with E-state index in [1.54, 1.807) is 6.07 Å². The number of para-hydroxylation sites is 1. The minimum atomic E-state index is -4.81. The molecule has 0 radical (unpaired) electrons. The Bertz CT molecular complexity index is 599. The third-order valence-corrected chi connectivity index (χ3v) is 3.72. The van der Waals surface area contributed by atoms with Crippen LogP contribution in [0, 0.1) is 5.92 Å². The Morgan fingerprint density at radius 2 is 1.96 bits per heavy atom. The number of carboxylic acid groups (broad SMARTS) is 1. The minimum absolute atomic E-state index is 0.0217. The SMILES string of the molecule is O=C(CCc1ccccc1OC(F)(F)F)NC(CC1CC1)C(=O)O. The second-order valence-electron chi connectivity index (χ2n) is 5.79. The largest absolute Gasteiger partial charge is 0.573 e. The second-order valence-corrected chi connectivity index (χ2v) is 5.79. The summed E-state index contributed by atoms with van der Waals surface area (Å²) < 4.78 is 40.9. The smallest absolute Gasteiger partial charge is 0.480 e. The molecule has 1 saturated carbocycles. The van der Waals surface area contributed by atoms with Gasteiger partial charge in [-0.05, 0) is 30.4 Å². The van der Waals surface area contributed by atoms with Gasteiger partial charge in [-0.15, -0.1) is 13.2 Å². The van der Waals surface area contributed by atoms with Crippen molar-refractivity contribution >= 4 is 11.9 Å². The zero-order chi connectivity index (χ0) is 17.7. The van der Waals surface area contributed by atoms with E-state index in [1.165, 1.54) is 18.2 Å². The van der Waals surface area contributed by atoms with Crippen molar-refractivity contribution in [3.8, 4) is 5.75 Å². The van der Waals surface area contributed by atoms with E-state index < -0.39 is 24.3 Å². The first-order valence-electron chi connectivity index (χ1n) is 7.60. The summed E-state index contributed by atoms with van der Waals surface area (Å²) in [6.45, 7) is 0. The van der Waals surface area contributed by atoms with E-state index >= 15 is 0 Å². The number of rotatable bonds is 8. The number of alkyl halides is 3. The monoisotopic (exact) mass is 345 g/mol. The summed E-state index contributed by atoms with van der Waals surface area (Å²) in [6.07, 6.45) is -2.60. The van der Waals surface area contributed by atoms with Gasteiger partial charge in [-0.25, -0.2) is 4.79 Å². The number of ether oxygens (including phenoxy) is 1. The van der Waals surface area contributed by atoms with Gasteiger partial charge in [0.05, 0.1) is 0 Å². The lowest BCUT2D eigenvalue weighted by Gasteiger charge is -2.15. The summed E-state index contributed by atoms with van der Waals surface area (Å²) >= 11 is 0. The Hall–Kier alpha value is -2.25. The number of carboxylic acids is 1. The van der Waals surface area contributed by atoms with Crippen LogP contribution in [0.3, 0.4) is 0 Å². The molecular formula is C16H18F3NO4. The third-order valence-electron chi connectivity index (χ3n) is 3.72. The molecule has 0 aromatic heterocycles. The van der Waals surface area contributed by atoms with E-state index in [2.05, 4.69) is 10.1 Å². The number of hydrogen-bond acceptors (Lipinski definition) is 3. The van der Waals surface area contributed by atoms with Crippen molar-refractivity contribution < 1.29 is 32.6 Å². The van der Waals surface area contributed by atoms with Crippen molar-refractivity contribution in [3.63, 3.8) is 0 Å². The highest BCUT2D eigenvalue weighted by atomic mass is 19.4. The highest BCUT2D eigenvalue weighted by molar-refractivity contribution is 5.83. The van der Waals surface area contributed by atoms with Crippen molar-refractivity contribution in [2.24, 2.45) is 5.92 Å². The standard InChI is InChI=1S/C16H18F3NO4/c17-16(18,19)24-13-4-2-1-3-11(13)7-8-14(21)20-12(15(22)23)9-10-5-6-10/h1-4,10,12H,5-9H2,(H,20,21)(H,22,23). The summed E-state index contributed by atoms with van der Waals surface area (Å²) in [7, 11) is 0. The Morgan fingerprint density at radius 3 is 2.54 bits per heavy atom. The predicted octanol–water partition coefficient (Wildman–Crippen LogP) is 2.89. The van der Waals surface area contributed by atoms with E-state index in [9.17, 15) is 22.8 Å². The van der Waals surface area contributed by atoms with Gasteiger partial charge in [0.25, 0.3) is 0 Å². The maximum atomic E-state index is 12.3. The maximum Gasteiger partial charge on any atom is 0.573 e. The van der Waals surface area contributed by atoms with Gasteiger partial charge in [0.15, 0.2) is 0 Å². The molecule has 0 saturated heterocycles. The molecule has 1 aromatic rings. The maximum absolute atomic E-state index is 12.3. The van der Waals surface area contributed by atoms with Gasteiger partial charge in [0.2, 0.25) is 5.91 Å². The fourth-order valence-corrected chi connectivity index (χ4v) is 2.36. The first kappa shape index (κ1) is 18.1. The Labute approximate surface area is 136 Å². The Morgan fingerprint density at radius 1 is 1.29 bits per heavy atom. The highest BCUT2D eigenvalue weighted by Crippen LogP contribution is 2.33. The number of carbonyl (C=O) groups is 2. The van der Waals surface area contributed by atoms with Crippen molar-refractivity contribution in [2.45, 2.75) is 44.5 Å². The van der Waals surface area contributed by atoms with E-state index in [0.29, 0.717) is 12.3 Å². The van der Waals surface area contributed by atoms with Gasteiger partial charge in [-0.3, -0.25) is 4.79 Å². The summed E-state index contributed by atoms with van der Waals surface area (Å²) in [5, 5.41) is 11.5. The van der Waals surface area contributed by atoms with Gasteiger partial charge in [-0.2, -0.15) is 0 Å². The lowest BCUT2D eigenvalue weighted by molar-refractivity contribution is -0.274. The molecule has 0 bridgehead atoms. The average molecular weight is 345 g/mol. The number of aryl methyl sites for hydroxylation is 1. The van der Waals surface area contributed by atoms with Gasteiger partial charge in [0, 0.05) is 6.42 Å². The summed E-state index contributed by atoms with van der Waals surface area (Å²) in [6, 6.07) is 4.61. The van der Waals surface area contributed by atoms with Gasteiger partial charge in [-0.1, -0.05) is 31.0 Å².